The summed E-state index contributed by atoms with van der Waals surface area (Å²) >= 11 is 0. The van der Waals surface area contributed by atoms with Gasteiger partial charge in [-0.2, -0.15) is 0 Å². The zero-order valence-electron chi connectivity index (χ0n) is 10.2. The first-order valence-electron chi connectivity index (χ1n) is 5.54. The lowest BCUT2D eigenvalue weighted by Crippen LogP contribution is -2.35. The molecule has 6 nitrogen and oxygen atoms in total. The highest BCUT2D eigenvalue weighted by Gasteiger charge is 2.24. The van der Waals surface area contributed by atoms with E-state index < -0.39 is 11.5 Å². The number of fused-ring (bicyclic) bond motifs is 1. The number of anilines is 1. The molecule has 0 radical (unpaired) electrons. The monoisotopic (exact) mass is 249 g/mol. The van der Waals surface area contributed by atoms with E-state index in [4.69, 9.17) is 0 Å². The van der Waals surface area contributed by atoms with Crippen molar-refractivity contribution in [2.75, 3.05) is 11.9 Å². The Morgan fingerprint density at radius 2 is 2.22 bits per heavy atom. The summed E-state index contributed by atoms with van der Waals surface area (Å²) in [5, 5.41) is 21.4. The molecule has 2 heterocycles. The van der Waals surface area contributed by atoms with Gasteiger partial charge in [0.2, 0.25) is 0 Å². The summed E-state index contributed by atoms with van der Waals surface area (Å²) in [6, 6.07) is 5.25. The average molecular weight is 249 g/mol. The van der Waals surface area contributed by atoms with Crippen molar-refractivity contribution in [3.8, 4) is 0 Å². The highest BCUT2D eigenvalue weighted by Crippen LogP contribution is 2.21. The van der Waals surface area contributed by atoms with Crippen molar-refractivity contribution in [2.45, 2.75) is 19.4 Å². The number of aliphatic hydroxyl groups excluding tert-OH is 1. The van der Waals surface area contributed by atoms with E-state index in [1.807, 2.05) is 0 Å². The third-order valence-electron chi connectivity index (χ3n) is 2.58. The Kier molecular flexibility index (Phi) is 2.96. The molecular formula is C12H15N3O3. The van der Waals surface area contributed by atoms with Crippen LogP contribution >= 0.6 is 0 Å². The van der Waals surface area contributed by atoms with Crippen LogP contribution in [0.15, 0.2) is 24.4 Å². The first-order chi connectivity index (χ1) is 8.44. The first kappa shape index (κ1) is 12.4. The number of aromatic carboxylic acids is 1. The van der Waals surface area contributed by atoms with Crippen LogP contribution in [-0.4, -0.2) is 37.7 Å². The fraction of sp³-hybridized carbons (Fsp3) is 0.333. The third kappa shape index (κ3) is 2.14. The molecule has 0 aliphatic heterocycles. The Morgan fingerprint density at radius 1 is 1.50 bits per heavy atom. The summed E-state index contributed by atoms with van der Waals surface area (Å²) in [7, 11) is 0. The summed E-state index contributed by atoms with van der Waals surface area (Å²) in [5.41, 5.74) is -0.0273. The fourth-order valence-corrected chi connectivity index (χ4v) is 1.65. The van der Waals surface area contributed by atoms with Gasteiger partial charge in [-0.3, -0.25) is 4.40 Å². The smallest absolute Gasteiger partial charge is 0.356 e. The molecule has 0 fully saturated rings. The molecule has 2 aromatic heterocycles. The zero-order valence-corrected chi connectivity index (χ0v) is 10.2. The molecule has 0 aliphatic rings. The minimum atomic E-state index is -1.06. The van der Waals surface area contributed by atoms with Crippen LogP contribution in [0.5, 0.6) is 0 Å². The number of hydrogen-bond acceptors (Lipinski definition) is 4. The van der Waals surface area contributed by atoms with Crippen molar-refractivity contribution in [3.05, 3.63) is 30.1 Å². The Bertz CT molecular complexity index is 589. The van der Waals surface area contributed by atoms with E-state index in [2.05, 4.69) is 10.3 Å². The zero-order chi connectivity index (χ0) is 13.3. The maximum Gasteiger partial charge on any atom is 0.356 e. The number of pyridine rings is 1. The summed E-state index contributed by atoms with van der Waals surface area (Å²) in [5.74, 6) is -0.808. The van der Waals surface area contributed by atoms with E-state index in [9.17, 15) is 15.0 Å². The first-order valence-corrected chi connectivity index (χ1v) is 5.54. The quantitative estimate of drug-likeness (QED) is 0.758. The van der Waals surface area contributed by atoms with Gasteiger partial charge in [-0.1, -0.05) is 6.07 Å². The molecule has 0 aromatic carbocycles. The van der Waals surface area contributed by atoms with Crippen LogP contribution in [-0.2, 0) is 0 Å². The average Bonchev–Trinajstić information content (AvgIpc) is 2.65. The topological polar surface area (TPSA) is 86.9 Å². The molecule has 2 rings (SSSR count). The summed E-state index contributed by atoms with van der Waals surface area (Å²) in [6.45, 7) is 3.41. The predicted molar refractivity (Wildman–Crippen MR) is 66.9 cm³/mol. The molecular weight excluding hydrogens is 234 g/mol. The molecule has 0 unspecified atom stereocenters. The second-order valence-electron chi connectivity index (χ2n) is 4.71. The van der Waals surface area contributed by atoms with Gasteiger partial charge in [-0.15, -0.1) is 0 Å². The van der Waals surface area contributed by atoms with Crippen LogP contribution in [0.2, 0.25) is 0 Å². The highest BCUT2D eigenvalue weighted by molar-refractivity contribution is 5.93. The molecule has 0 saturated heterocycles. The second kappa shape index (κ2) is 4.30. The molecule has 0 bridgehead atoms. The van der Waals surface area contributed by atoms with Gasteiger partial charge in [0.05, 0.1) is 12.1 Å². The number of carboxylic acids is 1. The summed E-state index contributed by atoms with van der Waals surface area (Å²) in [4.78, 5) is 15.5. The fourth-order valence-electron chi connectivity index (χ4n) is 1.65. The molecule has 3 N–H and O–H groups in total. The third-order valence-corrected chi connectivity index (χ3v) is 2.58. The van der Waals surface area contributed by atoms with E-state index >= 15 is 0 Å². The van der Waals surface area contributed by atoms with Gasteiger partial charge in [-0.25, -0.2) is 9.78 Å². The van der Waals surface area contributed by atoms with Crippen LogP contribution in [0.1, 0.15) is 24.3 Å². The van der Waals surface area contributed by atoms with Gasteiger partial charge in [0.15, 0.2) is 11.5 Å². The minimum absolute atomic E-state index is 0.0622. The van der Waals surface area contributed by atoms with Crippen LogP contribution in [0, 0.1) is 0 Å². The van der Waals surface area contributed by atoms with Crippen molar-refractivity contribution in [2.24, 2.45) is 0 Å². The number of carboxylic acid groups (broad SMARTS) is 1. The number of nitrogens with zero attached hydrogens (tertiary/aromatic N) is 2. The predicted octanol–water partition coefficient (Wildman–Crippen LogP) is 1.22. The van der Waals surface area contributed by atoms with E-state index in [-0.39, 0.29) is 18.1 Å². The molecule has 96 valence electrons. The Morgan fingerprint density at radius 3 is 2.83 bits per heavy atom. The molecule has 18 heavy (non-hydrogen) atoms. The number of rotatable bonds is 4. The number of hydrogen-bond donors (Lipinski definition) is 3. The van der Waals surface area contributed by atoms with Crippen molar-refractivity contribution in [1.29, 1.82) is 0 Å². The SMILES string of the molecule is CC(C)(CO)Nc1nc2ccccn2c1C(=O)O. The molecule has 0 amide bonds. The van der Waals surface area contributed by atoms with Crippen molar-refractivity contribution in [3.63, 3.8) is 0 Å². The molecule has 0 saturated carbocycles. The number of nitrogens with one attached hydrogen (secondary N) is 1. The highest BCUT2D eigenvalue weighted by atomic mass is 16.4. The molecule has 6 heteroatoms. The maximum absolute atomic E-state index is 11.3. The maximum atomic E-state index is 11.3. The van der Waals surface area contributed by atoms with Crippen LogP contribution in [0.3, 0.4) is 0 Å². The minimum Gasteiger partial charge on any atom is -0.476 e. The van der Waals surface area contributed by atoms with Gasteiger partial charge in [0.1, 0.15) is 5.65 Å². The molecule has 2 aromatic rings. The van der Waals surface area contributed by atoms with E-state index in [0.29, 0.717) is 5.65 Å². The van der Waals surface area contributed by atoms with Gasteiger partial charge in [0.25, 0.3) is 0 Å². The number of aliphatic hydroxyl groups is 1. The van der Waals surface area contributed by atoms with E-state index in [1.165, 1.54) is 4.40 Å². The van der Waals surface area contributed by atoms with Crippen LogP contribution in [0.25, 0.3) is 5.65 Å². The van der Waals surface area contributed by atoms with Gasteiger partial charge >= 0.3 is 5.97 Å². The second-order valence-corrected chi connectivity index (χ2v) is 4.71. The van der Waals surface area contributed by atoms with Crippen LogP contribution < -0.4 is 5.32 Å². The summed E-state index contributed by atoms with van der Waals surface area (Å²) < 4.78 is 1.50. The number of imidazole rings is 1. The Labute approximate surface area is 104 Å². The van der Waals surface area contributed by atoms with Gasteiger partial charge in [-0.05, 0) is 26.0 Å². The Balaban J connectivity index is 2.56. The number of aromatic nitrogens is 2. The van der Waals surface area contributed by atoms with Crippen molar-refractivity contribution >= 4 is 17.4 Å². The molecule has 0 atom stereocenters. The van der Waals surface area contributed by atoms with Gasteiger partial charge in [0, 0.05) is 6.20 Å². The standard InChI is InChI=1S/C12H15N3O3/c1-12(2,7-16)14-10-9(11(17)18)15-6-4-3-5-8(15)13-10/h3-6,14,16H,7H2,1-2H3,(H,17,18). The molecule has 0 spiro atoms. The normalized spacial score (nSPS) is 11.7. The lowest BCUT2D eigenvalue weighted by atomic mass is 10.1. The lowest BCUT2D eigenvalue weighted by Gasteiger charge is -2.23. The largest absolute Gasteiger partial charge is 0.476 e. The van der Waals surface area contributed by atoms with Crippen LogP contribution in [0.4, 0.5) is 5.82 Å². The number of carbonyl (C=O) groups is 1. The van der Waals surface area contributed by atoms with E-state index in [1.54, 1.807) is 38.2 Å². The Hall–Kier alpha value is -2.08. The lowest BCUT2D eigenvalue weighted by molar-refractivity contribution is 0.0690. The van der Waals surface area contributed by atoms with Crippen molar-refractivity contribution < 1.29 is 15.0 Å². The van der Waals surface area contributed by atoms with Crippen molar-refractivity contribution in [1.82, 2.24) is 9.38 Å². The van der Waals surface area contributed by atoms with E-state index in [0.717, 1.165) is 0 Å². The summed E-state index contributed by atoms with van der Waals surface area (Å²) in [6.07, 6.45) is 1.64. The molecule has 0 aliphatic carbocycles. The van der Waals surface area contributed by atoms with Gasteiger partial charge < -0.3 is 15.5 Å².